The summed E-state index contributed by atoms with van der Waals surface area (Å²) < 4.78 is 7.25. The summed E-state index contributed by atoms with van der Waals surface area (Å²) in [5.74, 6) is 0.487. The molecule has 8 aromatic rings. The number of fused-ring (bicyclic) bond motifs is 9. The molecular formula is C71H75BN2O. The van der Waals surface area contributed by atoms with E-state index in [1.165, 1.54) is 167 Å². The summed E-state index contributed by atoms with van der Waals surface area (Å²) in [5, 5.41) is 2.50. The van der Waals surface area contributed by atoms with Crippen molar-refractivity contribution in [1.82, 2.24) is 0 Å². The van der Waals surface area contributed by atoms with Gasteiger partial charge in [0.25, 0.3) is 6.71 Å². The molecule has 0 N–H and O–H groups in total. The van der Waals surface area contributed by atoms with Crippen LogP contribution in [0.25, 0.3) is 33.1 Å². The average Bonchev–Trinajstić information content (AvgIpc) is 4.11. The zero-order valence-corrected chi connectivity index (χ0v) is 46.9. The van der Waals surface area contributed by atoms with E-state index in [1.807, 2.05) is 0 Å². The number of benzene rings is 7. The molecule has 3 nitrogen and oxygen atoms in total. The molecule has 378 valence electrons. The van der Waals surface area contributed by atoms with E-state index in [2.05, 4.69) is 202 Å². The molecular weight excluding hydrogens is 908 g/mol. The van der Waals surface area contributed by atoms with Crippen LogP contribution in [0, 0.1) is 6.92 Å². The van der Waals surface area contributed by atoms with Gasteiger partial charge in [0.2, 0.25) is 0 Å². The Hall–Kier alpha value is -6.00. The summed E-state index contributed by atoms with van der Waals surface area (Å²) in [6, 6.07) is 44.8. The van der Waals surface area contributed by atoms with Crippen LogP contribution in [0.3, 0.4) is 0 Å². The van der Waals surface area contributed by atoms with E-state index in [-0.39, 0.29) is 39.2 Å². The summed E-state index contributed by atoms with van der Waals surface area (Å²) in [6.45, 7) is 29.9. The summed E-state index contributed by atoms with van der Waals surface area (Å²) in [7, 11) is 0. The molecule has 0 amide bonds. The van der Waals surface area contributed by atoms with Crippen molar-refractivity contribution in [1.29, 1.82) is 0 Å². The molecule has 75 heavy (non-hydrogen) atoms. The van der Waals surface area contributed by atoms with Gasteiger partial charge in [0.15, 0.2) is 0 Å². The maximum Gasteiger partial charge on any atom is 0.252 e. The molecule has 0 spiro atoms. The lowest BCUT2D eigenvalue weighted by atomic mass is 9.33. The first-order chi connectivity index (χ1) is 35.7. The van der Waals surface area contributed by atoms with Crippen LogP contribution in [0.4, 0.5) is 34.1 Å². The van der Waals surface area contributed by atoms with Crippen LogP contribution in [-0.2, 0) is 32.5 Å². The number of rotatable bonds is 3. The third kappa shape index (κ3) is 6.18. The molecule has 0 radical (unpaired) electrons. The predicted molar refractivity (Wildman–Crippen MR) is 318 cm³/mol. The van der Waals surface area contributed by atoms with Crippen LogP contribution in [0.5, 0.6) is 0 Å². The fourth-order valence-electron chi connectivity index (χ4n) is 17.2. The number of furan rings is 1. The third-order valence-electron chi connectivity index (χ3n) is 21.3. The van der Waals surface area contributed by atoms with Gasteiger partial charge in [-0.15, -0.1) is 0 Å². The molecule has 1 aromatic heterocycles. The maximum atomic E-state index is 7.25. The number of nitrogens with zero attached hydrogens (tertiary/aromatic N) is 2. The lowest BCUT2D eigenvalue weighted by Gasteiger charge is -2.48. The molecule has 1 unspecified atom stereocenters. The van der Waals surface area contributed by atoms with Gasteiger partial charge in [0.1, 0.15) is 11.2 Å². The maximum absolute atomic E-state index is 7.25. The fourth-order valence-corrected chi connectivity index (χ4v) is 17.2. The lowest BCUT2D eigenvalue weighted by molar-refractivity contribution is 0.332. The highest BCUT2D eigenvalue weighted by molar-refractivity contribution is 7.00. The number of hydrogen-bond acceptors (Lipinski definition) is 3. The molecule has 1 atom stereocenters. The molecule has 15 rings (SSSR count). The molecule has 3 aliphatic heterocycles. The molecule has 2 bridgehead atoms. The Labute approximate surface area is 447 Å². The predicted octanol–water partition coefficient (Wildman–Crippen LogP) is 17.7. The highest BCUT2D eigenvalue weighted by atomic mass is 16.3. The molecule has 7 aromatic carbocycles. The molecule has 0 saturated heterocycles. The van der Waals surface area contributed by atoms with E-state index in [9.17, 15) is 0 Å². The van der Waals surface area contributed by atoms with Crippen LogP contribution >= 0.6 is 0 Å². The van der Waals surface area contributed by atoms with Crippen LogP contribution < -0.4 is 26.2 Å². The van der Waals surface area contributed by atoms with Gasteiger partial charge >= 0.3 is 0 Å². The van der Waals surface area contributed by atoms with Gasteiger partial charge in [-0.3, -0.25) is 0 Å². The zero-order valence-electron chi connectivity index (χ0n) is 46.9. The molecule has 1 fully saturated rings. The van der Waals surface area contributed by atoms with Crippen molar-refractivity contribution in [2.45, 2.75) is 186 Å². The number of aryl methyl sites for hydroxylation is 1. The number of para-hydroxylation sites is 1. The highest BCUT2D eigenvalue weighted by Crippen LogP contribution is 2.61. The van der Waals surface area contributed by atoms with Gasteiger partial charge in [-0.25, -0.2) is 0 Å². The minimum absolute atomic E-state index is 0.00466. The molecule has 4 heteroatoms. The molecule has 4 aliphatic carbocycles. The van der Waals surface area contributed by atoms with E-state index in [0.717, 1.165) is 30.4 Å². The summed E-state index contributed by atoms with van der Waals surface area (Å²) in [4.78, 5) is 5.67. The minimum Gasteiger partial charge on any atom is -0.456 e. The van der Waals surface area contributed by atoms with Gasteiger partial charge in [0.05, 0.1) is 16.8 Å². The smallest absolute Gasteiger partial charge is 0.252 e. The third-order valence-corrected chi connectivity index (χ3v) is 21.3. The fraction of sp³-hybridized carbons (Fsp3) is 0.408. The van der Waals surface area contributed by atoms with Crippen molar-refractivity contribution in [3.05, 3.63) is 159 Å². The second-order valence-corrected chi connectivity index (χ2v) is 28.4. The van der Waals surface area contributed by atoms with Crippen LogP contribution in [0.1, 0.15) is 196 Å². The first-order valence-electron chi connectivity index (χ1n) is 29.0. The zero-order chi connectivity index (χ0) is 51.7. The van der Waals surface area contributed by atoms with Gasteiger partial charge in [0, 0.05) is 39.1 Å². The quantitative estimate of drug-likeness (QED) is 0.165. The van der Waals surface area contributed by atoms with Gasteiger partial charge in [-0.05, 0) is 199 Å². The minimum atomic E-state index is -0.263. The summed E-state index contributed by atoms with van der Waals surface area (Å²) >= 11 is 0. The largest absolute Gasteiger partial charge is 0.456 e. The number of hydrogen-bond donors (Lipinski definition) is 0. The Morgan fingerprint density at radius 1 is 0.480 bits per heavy atom. The van der Waals surface area contributed by atoms with E-state index in [0.29, 0.717) is 5.92 Å². The standard InChI is InChI=1S/C71H75BN2O/c1-41-32-48-50(67(4,5)29-28-66(48,2)3)37-56(41)73-57-38-51-49(69(8,9)40-70(51,10)11)36-55(57)72-54-26-27-60-62-46-35-53-52(39-61(46)75-60)68(6,7)30-31-71(53,12)47-25-19-24-45(43-22-17-14-18-23-43)64(47)74(65(54)62)59-34-44(33-58(73)63(59)72)42-20-15-13-16-21-42/h14,17-19,22-27,32-39,42H,13,15-16,20-21,28-31,40H2,1-12H3. The Bertz CT molecular complexity index is 3820. The molecule has 7 aliphatic rings. The van der Waals surface area contributed by atoms with Gasteiger partial charge < -0.3 is 14.2 Å². The van der Waals surface area contributed by atoms with Gasteiger partial charge in [-0.1, -0.05) is 162 Å². The van der Waals surface area contributed by atoms with Crippen molar-refractivity contribution in [3.63, 3.8) is 0 Å². The molecule has 1 saturated carbocycles. The first-order valence-corrected chi connectivity index (χ1v) is 29.0. The Morgan fingerprint density at radius 3 is 1.83 bits per heavy atom. The number of anilines is 6. The van der Waals surface area contributed by atoms with Crippen molar-refractivity contribution in [2.24, 2.45) is 0 Å². The van der Waals surface area contributed by atoms with Crippen molar-refractivity contribution >= 4 is 79.2 Å². The monoisotopic (exact) mass is 983 g/mol. The normalized spacial score (nSPS) is 22.6. The first kappa shape index (κ1) is 46.3. The highest BCUT2D eigenvalue weighted by Gasteiger charge is 2.52. The Balaban J connectivity index is 1.14. The van der Waals surface area contributed by atoms with E-state index < -0.39 is 0 Å². The lowest BCUT2D eigenvalue weighted by Crippen LogP contribution is -2.62. The van der Waals surface area contributed by atoms with E-state index >= 15 is 0 Å². The Kier molecular flexibility index (Phi) is 9.22. The van der Waals surface area contributed by atoms with Crippen molar-refractivity contribution in [2.75, 3.05) is 9.80 Å². The van der Waals surface area contributed by atoms with E-state index in [4.69, 9.17) is 4.42 Å². The van der Waals surface area contributed by atoms with Crippen molar-refractivity contribution < 1.29 is 4.42 Å². The van der Waals surface area contributed by atoms with Crippen molar-refractivity contribution in [3.8, 4) is 11.1 Å². The SMILES string of the molecule is Cc1cc2c(cc1N1c3cc4c(cc3B3c5ccc6oc7cc8c9cc7c6c5N(c5cc(C6CCCCC6)cc1c53)c1c(-c3ccccc3)cccc1C9(C)CCC8(C)C)C(C)(C)CC4(C)C)C(C)(C)CCC2(C)C. The van der Waals surface area contributed by atoms with Crippen LogP contribution in [0.15, 0.2) is 114 Å². The average molecular weight is 983 g/mol. The van der Waals surface area contributed by atoms with Crippen LogP contribution in [0.2, 0.25) is 0 Å². The second-order valence-electron chi connectivity index (χ2n) is 28.4. The van der Waals surface area contributed by atoms with Crippen LogP contribution in [-0.4, -0.2) is 6.71 Å². The summed E-state index contributed by atoms with van der Waals surface area (Å²) in [5.41, 5.74) is 30.0. The van der Waals surface area contributed by atoms with E-state index in [1.54, 1.807) is 0 Å². The van der Waals surface area contributed by atoms with Gasteiger partial charge in [-0.2, -0.15) is 0 Å². The topological polar surface area (TPSA) is 19.6 Å². The second kappa shape index (κ2) is 14.9. The molecule has 4 heterocycles. The summed E-state index contributed by atoms with van der Waals surface area (Å²) in [6.07, 6.45) is 12.0. The Morgan fingerprint density at radius 2 is 1.11 bits per heavy atom.